The molecule has 3 aromatic rings. The average Bonchev–Trinajstić information content (AvgIpc) is 2.91. The van der Waals surface area contributed by atoms with E-state index in [1.807, 2.05) is 13.8 Å². The fraction of sp³-hybridized carbons (Fsp3) is 0.312. The number of hydrogen-bond donors (Lipinski definition) is 1. The van der Waals surface area contributed by atoms with Crippen LogP contribution in [0.5, 0.6) is 6.01 Å². The smallest absolute Gasteiger partial charge is 0.352 e. The Kier molecular flexibility index (Phi) is 4.28. The maximum atomic E-state index is 13.9. The van der Waals surface area contributed by atoms with Gasteiger partial charge in [0.1, 0.15) is 5.82 Å². The summed E-state index contributed by atoms with van der Waals surface area (Å²) in [5.74, 6) is -0.534. The molecule has 3 rings (SSSR count). The van der Waals surface area contributed by atoms with Gasteiger partial charge >= 0.3 is 5.69 Å². The topological polar surface area (TPSA) is 72.3 Å². The first-order valence-electron chi connectivity index (χ1n) is 7.53. The van der Waals surface area contributed by atoms with Crippen LogP contribution in [0.15, 0.2) is 23.0 Å². The van der Waals surface area contributed by atoms with Gasteiger partial charge in [-0.25, -0.2) is 9.18 Å². The molecular weight excluding hydrogens is 335 g/mol. The summed E-state index contributed by atoms with van der Waals surface area (Å²) in [6, 6.07) is 4.56. The maximum Gasteiger partial charge on any atom is 0.352 e. The molecule has 1 N–H and O–H groups in total. The fourth-order valence-corrected chi connectivity index (χ4v) is 2.59. The van der Waals surface area contributed by atoms with E-state index in [2.05, 4.69) is 15.1 Å². The highest BCUT2D eigenvalue weighted by Crippen LogP contribution is 2.33. The van der Waals surface area contributed by atoms with Gasteiger partial charge in [-0.1, -0.05) is 31.5 Å². The van der Waals surface area contributed by atoms with Gasteiger partial charge in [0, 0.05) is 0 Å². The molecule has 0 unspecified atom stereocenters. The zero-order chi connectivity index (χ0) is 17.4. The first-order chi connectivity index (χ1) is 11.4. The molecule has 0 radical (unpaired) electrons. The Morgan fingerprint density at radius 1 is 1.42 bits per heavy atom. The molecule has 2 heterocycles. The molecule has 0 saturated heterocycles. The molecule has 2 aromatic heterocycles. The second kappa shape index (κ2) is 6.24. The van der Waals surface area contributed by atoms with Gasteiger partial charge in [0.25, 0.3) is 6.01 Å². The van der Waals surface area contributed by atoms with Crippen molar-refractivity contribution in [2.75, 3.05) is 6.61 Å². The van der Waals surface area contributed by atoms with E-state index in [9.17, 15) is 9.18 Å². The summed E-state index contributed by atoms with van der Waals surface area (Å²) in [5.41, 5.74) is 1.63. The number of aromatic amines is 1. The Labute approximate surface area is 142 Å². The van der Waals surface area contributed by atoms with Crippen LogP contribution in [-0.2, 0) is 0 Å². The molecule has 0 amide bonds. The minimum Gasteiger partial charge on any atom is -0.465 e. The predicted molar refractivity (Wildman–Crippen MR) is 89.3 cm³/mol. The van der Waals surface area contributed by atoms with Crippen LogP contribution < -0.4 is 10.4 Å². The maximum absolute atomic E-state index is 13.9. The van der Waals surface area contributed by atoms with E-state index in [1.165, 1.54) is 16.6 Å². The highest BCUT2D eigenvalue weighted by Gasteiger charge is 2.21. The second-order valence-corrected chi connectivity index (χ2v) is 5.97. The predicted octanol–water partition coefficient (Wildman–Crippen LogP) is 3.40. The summed E-state index contributed by atoms with van der Waals surface area (Å²) in [6.45, 7) is 6.02. The van der Waals surface area contributed by atoms with Crippen molar-refractivity contribution < 1.29 is 9.13 Å². The normalized spacial score (nSPS) is 11.4. The second-order valence-electron chi connectivity index (χ2n) is 5.56. The number of fused-ring (bicyclic) bond motifs is 1. The fourth-order valence-electron chi connectivity index (χ4n) is 2.48. The van der Waals surface area contributed by atoms with Crippen molar-refractivity contribution in [2.24, 2.45) is 0 Å². The summed E-state index contributed by atoms with van der Waals surface area (Å²) >= 11 is 5.77. The summed E-state index contributed by atoms with van der Waals surface area (Å²) in [5, 5.41) is 4.37. The van der Waals surface area contributed by atoms with Crippen molar-refractivity contribution in [2.45, 2.75) is 26.7 Å². The van der Waals surface area contributed by atoms with Crippen LogP contribution in [0.1, 0.15) is 32.4 Å². The van der Waals surface area contributed by atoms with E-state index < -0.39 is 11.5 Å². The Hall–Kier alpha value is -2.41. The van der Waals surface area contributed by atoms with E-state index >= 15 is 0 Å². The first-order valence-corrected chi connectivity index (χ1v) is 7.91. The van der Waals surface area contributed by atoms with Gasteiger partial charge in [0.05, 0.1) is 22.9 Å². The lowest BCUT2D eigenvalue weighted by Gasteiger charge is -2.07. The van der Waals surface area contributed by atoms with E-state index in [1.54, 1.807) is 13.0 Å². The SMILES string of the molecule is CCOc1nc2c(-c3ccc(Cl)c(F)c3)c(C(C)C)nn2c(=O)[nH]1. The lowest BCUT2D eigenvalue weighted by Crippen LogP contribution is -2.20. The number of H-pyrrole nitrogens is 1. The van der Waals surface area contributed by atoms with Gasteiger partial charge in [-0.2, -0.15) is 14.6 Å². The van der Waals surface area contributed by atoms with Crippen molar-refractivity contribution in [3.63, 3.8) is 0 Å². The van der Waals surface area contributed by atoms with Gasteiger partial charge in [-0.3, -0.25) is 4.98 Å². The van der Waals surface area contributed by atoms with Crippen LogP contribution in [0.4, 0.5) is 4.39 Å². The third-order valence-corrected chi connectivity index (χ3v) is 3.84. The van der Waals surface area contributed by atoms with Gasteiger partial charge in [0.15, 0.2) is 5.65 Å². The molecule has 8 heteroatoms. The molecule has 0 spiro atoms. The number of nitrogens with zero attached hydrogens (tertiary/aromatic N) is 3. The quantitative estimate of drug-likeness (QED) is 0.782. The third kappa shape index (κ3) is 2.75. The molecule has 0 atom stereocenters. The lowest BCUT2D eigenvalue weighted by atomic mass is 9.99. The molecule has 0 aliphatic heterocycles. The molecule has 0 fully saturated rings. The van der Waals surface area contributed by atoms with Crippen LogP contribution in [0.3, 0.4) is 0 Å². The van der Waals surface area contributed by atoms with E-state index in [0.717, 1.165) is 0 Å². The van der Waals surface area contributed by atoms with E-state index in [0.29, 0.717) is 29.1 Å². The van der Waals surface area contributed by atoms with Crippen LogP contribution in [0.2, 0.25) is 5.02 Å². The highest BCUT2D eigenvalue weighted by atomic mass is 35.5. The zero-order valence-electron chi connectivity index (χ0n) is 13.4. The van der Waals surface area contributed by atoms with Gasteiger partial charge in [-0.15, -0.1) is 0 Å². The summed E-state index contributed by atoms with van der Waals surface area (Å²) < 4.78 is 20.4. The Morgan fingerprint density at radius 2 is 2.17 bits per heavy atom. The molecule has 0 bridgehead atoms. The highest BCUT2D eigenvalue weighted by molar-refractivity contribution is 6.30. The van der Waals surface area contributed by atoms with Crippen molar-refractivity contribution in [1.82, 2.24) is 19.6 Å². The molecule has 6 nitrogen and oxygen atoms in total. The van der Waals surface area contributed by atoms with Crippen LogP contribution >= 0.6 is 11.6 Å². The van der Waals surface area contributed by atoms with Gasteiger partial charge in [-0.05, 0) is 30.5 Å². The molecule has 126 valence electrons. The van der Waals surface area contributed by atoms with Gasteiger partial charge < -0.3 is 4.74 Å². The van der Waals surface area contributed by atoms with Crippen LogP contribution in [-0.4, -0.2) is 26.2 Å². The van der Waals surface area contributed by atoms with Crippen LogP contribution in [0.25, 0.3) is 16.8 Å². The molecule has 0 aliphatic carbocycles. The Balaban J connectivity index is 2.36. The molecular formula is C16H16ClFN4O2. The van der Waals surface area contributed by atoms with Gasteiger partial charge in [0.2, 0.25) is 0 Å². The summed E-state index contributed by atoms with van der Waals surface area (Å²) in [6.07, 6.45) is 0. The lowest BCUT2D eigenvalue weighted by molar-refractivity contribution is 0.310. The summed E-state index contributed by atoms with van der Waals surface area (Å²) in [7, 11) is 0. The largest absolute Gasteiger partial charge is 0.465 e. The Morgan fingerprint density at radius 3 is 2.79 bits per heavy atom. The number of nitrogens with one attached hydrogen (secondary N) is 1. The van der Waals surface area contributed by atoms with Crippen molar-refractivity contribution in [1.29, 1.82) is 0 Å². The third-order valence-electron chi connectivity index (χ3n) is 3.54. The number of rotatable bonds is 4. The molecule has 1 aromatic carbocycles. The van der Waals surface area contributed by atoms with Crippen LogP contribution in [0, 0.1) is 5.82 Å². The number of benzene rings is 1. The Bertz CT molecular complexity index is 965. The molecule has 24 heavy (non-hydrogen) atoms. The number of hydrogen-bond acceptors (Lipinski definition) is 4. The number of halogens is 2. The number of ether oxygens (including phenoxy) is 1. The standard InChI is InChI=1S/C16H16ClFN4O2/c1-4-24-15-19-14-12(9-5-6-10(17)11(18)7-9)13(8(2)3)21-22(14)16(23)20-15/h5-8H,4H2,1-3H3,(H,19,20,23). The zero-order valence-corrected chi connectivity index (χ0v) is 14.2. The average molecular weight is 351 g/mol. The molecule has 0 aliphatic rings. The van der Waals surface area contributed by atoms with Crippen molar-refractivity contribution in [3.05, 3.63) is 45.2 Å². The summed E-state index contributed by atoms with van der Waals surface area (Å²) in [4.78, 5) is 19.1. The number of aromatic nitrogens is 4. The molecule has 0 saturated carbocycles. The first kappa shape index (κ1) is 16.4. The van der Waals surface area contributed by atoms with Crippen molar-refractivity contribution >= 4 is 17.2 Å². The minimum atomic E-state index is -0.543. The minimum absolute atomic E-state index is 0.00961. The van der Waals surface area contributed by atoms with E-state index in [-0.39, 0.29) is 17.0 Å². The monoisotopic (exact) mass is 350 g/mol. The van der Waals surface area contributed by atoms with Crippen molar-refractivity contribution in [3.8, 4) is 17.1 Å². The van der Waals surface area contributed by atoms with E-state index in [4.69, 9.17) is 16.3 Å².